The maximum absolute atomic E-state index is 12.7. The van der Waals surface area contributed by atoms with Gasteiger partial charge in [-0.05, 0) is 57.1 Å². The molecule has 3 rings (SSSR count). The first-order chi connectivity index (χ1) is 10.6. The van der Waals surface area contributed by atoms with Crippen LogP contribution in [0.2, 0.25) is 0 Å². The Morgan fingerprint density at radius 1 is 1.14 bits per heavy atom. The molecule has 2 aliphatic rings. The maximum Gasteiger partial charge on any atom is 0.281 e. The third-order valence-electron chi connectivity index (χ3n) is 4.64. The molecule has 5 nitrogen and oxygen atoms in total. The summed E-state index contributed by atoms with van der Waals surface area (Å²) in [6.07, 6.45) is 4.88. The highest BCUT2D eigenvalue weighted by molar-refractivity contribution is 7.86. The highest BCUT2D eigenvalue weighted by Gasteiger charge is 2.34. The second-order valence-electron chi connectivity index (χ2n) is 6.45. The summed E-state index contributed by atoms with van der Waals surface area (Å²) in [6.45, 7) is 4.66. The third-order valence-corrected chi connectivity index (χ3v) is 6.65. The van der Waals surface area contributed by atoms with E-state index < -0.39 is 10.2 Å². The maximum atomic E-state index is 12.7. The molecule has 3 heterocycles. The van der Waals surface area contributed by atoms with E-state index in [2.05, 4.69) is 4.98 Å². The normalized spacial score (nSPS) is 24.7. The summed E-state index contributed by atoms with van der Waals surface area (Å²) in [7, 11) is -3.25. The van der Waals surface area contributed by atoms with Gasteiger partial charge in [0.25, 0.3) is 10.2 Å². The molecule has 1 atom stereocenters. The van der Waals surface area contributed by atoms with Crippen LogP contribution in [0.3, 0.4) is 0 Å². The second-order valence-corrected chi connectivity index (χ2v) is 8.38. The number of nitrogens with zero attached hydrogens (tertiary/aromatic N) is 3. The first kappa shape index (κ1) is 15.9. The summed E-state index contributed by atoms with van der Waals surface area (Å²) < 4.78 is 28.7. The number of hydrogen-bond donors (Lipinski definition) is 0. The lowest BCUT2D eigenvalue weighted by atomic mass is 9.94. The molecular weight excluding hydrogens is 298 g/mol. The van der Waals surface area contributed by atoms with Gasteiger partial charge in [0.05, 0.1) is 0 Å². The second kappa shape index (κ2) is 6.64. The van der Waals surface area contributed by atoms with Gasteiger partial charge in [-0.3, -0.25) is 4.98 Å². The van der Waals surface area contributed by atoms with Gasteiger partial charge in [-0.1, -0.05) is 6.07 Å². The van der Waals surface area contributed by atoms with Crippen LogP contribution >= 0.6 is 0 Å². The van der Waals surface area contributed by atoms with Crippen LogP contribution in [-0.2, 0) is 16.6 Å². The van der Waals surface area contributed by atoms with Crippen molar-refractivity contribution in [2.75, 3.05) is 26.2 Å². The van der Waals surface area contributed by atoms with E-state index in [1.807, 2.05) is 25.1 Å². The Kier molecular flexibility index (Phi) is 4.80. The lowest BCUT2D eigenvalue weighted by molar-refractivity contribution is 0.249. The summed E-state index contributed by atoms with van der Waals surface area (Å²) in [5.74, 6) is 0.375. The minimum absolute atomic E-state index is 0.375. The van der Waals surface area contributed by atoms with Gasteiger partial charge in [0.2, 0.25) is 0 Å². The van der Waals surface area contributed by atoms with E-state index in [1.54, 1.807) is 8.61 Å². The van der Waals surface area contributed by atoms with Crippen molar-refractivity contribution in [2.24, 2.45) is 5.92 Å². The van der Waals surface area contributed by atoms with Crippen molar-refractivity contribution in [2.45, 2.75) is 39.0 Å². The Bertz CT molecular complexity index is 612. The Morgan fingerprint density at radius 2 is 1.86 bits per heavy atom. The van der Waals surface area contributed by atoms with Gasteiger partial charge in [0, 0.05) is 37.6 Å². The molecular formula is C16H25N3O2S. The average molecular weight is 323 g/mol. The SMILES string of the molecule is Cc1cccc(C[C@@H]2CCCN(S(=O)(=O)N3CCCC3)C2)n1. The van der Waals surface area contributed by atoms with Crippen molar-refractivity contribution in [1.29, 1.82) is 0 Å². The molecule has 0 N–H and O–H groups in total. The van der Waals surface area contributed by atoms with Gasteiger partial charge < -0.3 is 0 Å². The molecule has 0 spiro atoms. The Balaban J connectivity index is 1.66. The highest BCUT2D eigenvalue weighted by atomic mass is 32.2. The van der Waals surface area contributed by atoms with Crippen LogP contribution in [0.1, 0.15) is 37.1 Å². The molecule has 0 amide bonds. The van der Waals surface area contributed by atoms with Crippen molar-refractivity contribution in [3.8, 4) is 0 Å². The van der Waals surface area contributed by atoms with Gasteiger partial charge in [0.1, 0.15) is 0 Å². The number of hydrogen-bond acceptors (Lipinski definition) is 3. The van der Waals surface area contributed by atoms with E-state index >= 15 is 0 Å². The van der Waals surface area contributed by atoms with Gasteiger partial charge in [-0.15, -0.1) is 0 Å². The van der Waals surface area contributed by atoms with E-state index in [1.165, 1.54) is 0 Å². The summed E-state index contributed by atoms with van der Waals surface area (Å²) in [6, 6.07) is 6.06. The Labute approximate surface area is 133 Å². The number of rotatable bonds is 4. The molecule has 0 aromatic carbocycles. The van der Waals surface area contributed by atoms with Crippen LogP contribution in [0.15, 0.2) is 18.2 Å². The lowest BCUT2D eigenvalue weighted by Crippen LogP contribution is -2.47. The fraction of sp³-hybridized carbons (Fsp3) is 0.688. The monoisotopic (exact) mass is 323 g/mol. The molecule has 2 aliphatic heterocycles. The van der Waals surface area contributed by atoms with E-state index in [-0.39, 0.29) is 0 Å². The van der Waals surface area contributed by atoms with E-state index in [0.29, 0.717) is 32.1 Å². The highest BCUT2D eigenvalue weighted by Crippen LogP contribution is 2.25. The standard InChI is InChI=1S/C16H25N3O2S/c1-14-6-4-8-16(17-14)12-15-7-5-11-19(13-15)22(20,21)18-9-2-3-10-18/h4,6,8,15H,2-3,5,7,9-13H2,1H3/t15-/m0/s1. The van der Waals surface area contributed by atoms with Crippen LogP contribution < -0.4 is 0 Å². The lowest BCUT2D eigenvalue weighted by Gasteiger charge is -2.34. The van der Waals surface area contributed by atoms with Gasteiger partial charge >= 0.3 is 0 Å². The zero-order valence-corrected chi connectivity index (χ0v) is 14.1. The van der Waals surface area contributed by atoms with Crippen LogP contribution in [-0.4, -0.2) is 48.2 Å². The molecule has 0 radical (unpaired) electrons. The number of aromatic nitrogens is 1. The predicted octanol–water partition coefficient (Wildman–Crippen LogP) is 1.99. The molecule has 6 heteroatoms. The first-order valence-electron chi connectivity index (χ1n) is 8.23. The molecule has 0 saturated carbocycles. The molecule has 122 valence electrons. The third kappa shape index (κ3) is 3.50. The Hall–Kier alpha value is -0.980. The topological polar surface area (TPSA) is 53.5 Å². The van der Waals surface area contributed by atoms with Crippen molar-refractivity contribution < 1.29 is 8.42 Å². The Morgan fingerprint density at radius 3 is 2.59 bits per heavy atom. The zero-order chi connectivity index (χ0) is 15.6. The summed E-state index contributed by atoms with van der Waals surface area (Å²) in [4.78, 5) is 4.55. The fourth-order valence-corrected chi connectivity index (χ4v) is 5.30. The van der Waals surface area contributed by atoms with E-state index in [9.17, 15) is 8.42 Å². The van der Waals surface area contributed by atoms with Crippen molar-refractivity contribution in [3.05, 3.63) is 29.6 Å². The zero-order valence-electron chi connectivity index (χ0n) is 13.2. The molecule has 1 aromatic heterocycles. The fourth-order valence-electron chi connectivity index (χ4n) is 3.49. The van der Waals surface area contributed by atoms with Crippen molar-refractivity contribution >= 4 is 10.2 Å². The van der Waals surface area contributed by atoms with E-state index in [4.69, 9.17) is 0 Å². The van der Waals surface area contributed by atoms with Crippen LogP contribution in [0.4, 0.5) is 0 Å². The van der Waals surface area contributed by atoms with E-state index in [0.717, 1.165) is 43.5 Å². The molecule has 0 aliphatic carbocycles. The summed E-state index contributed by atoms with van der Waals surface area (Å²) >= 11 is 0. The van der Waals surface area contributed by atoms with Gasteiger partial charge in [-0.25, -0.2) is 0 Å². The molecule has 22 heavy (non-hydrogen) atoms. The van der Waals surface area contributed by atoms with Gasteiger partial charge in [0.15, 0.2) is 0 Å². The molecule has 2 saturated heterocycles. The summed E-state index contributed by atoms with van der Waals surface area (Å²) in [5.41, 5.74) is 2.10. The molecule has 0 unspecified atom stereocenters. The van der Waals surface area contributed by atoms with Crippen molar-refractivity contribution in [1.82, 2.24) is 13.6 Å². The number of aryl methyl sites for hydroxylation is 1. The minimum atomic E-state index is -3.25. The first-order valence-corrected chi connectivity index (χ1v) is 9.63. The largest absolute Gasteiger partial charge is 0.281 e. The minimum Gasteiger partial charge on any atom is -0.258 e. The average Bonchev–Trinajstić information content (AvgIpc) is 3.02. The van der Waals surface area contributed by atoms with Crippen molar-refractivity contribution in [3.63, 3.8) is 0 Å². The number of pyridine rings is 1. The smallest absolute Gasteiger partial charge is 0.258 e. The number of piperidine rings is 1. The summed E-state index contributed by atoms with van der Waals surface area (Å²) in [5, 5.41) is 0. The quantitative estimate of drug-likeness (QED) is 0.851. The van der Waals surface area contributed by atoms with Crippen LogP contribution in [0.5, 0.6) is 0 Å². The molecule has 0 bridgehead atoms. The van der Waals surface area contributed by atoms with Crippen LogP contribution in [0, 0.1) is 12.8 Å². The van der Waals surface area contributed by atoms with Crippen LogP contribution in [0.25, 0.3) is 0 Å². The molecule has 1 aromatic rings. The van der Waals surface area contributed by atoms with Gasteiger partial charge in [-0.2, -0.15) is 17.0 Å². The predicted molar refractivity (Wildman–Crippen MR) is 86.7 cm³/mol. The molecule has 2 fully saturated rings.